The summed E-state index contributed by atoms with van der Waals surface area (Å²) in [6, 6.07) is 0.378. The second-order valence-corrected chi connectivity index (χ2v) is 10.6. The fourth-order valence-electron chi connectivity index (χ4n) is 4.60. The summed E-state index contributed by atoms with van der Waals surface area (Å²) in [4.78, 5) is 12.4. The summed E-state index contributed by atoms with van der Waals surface area (Å²) < 4.78 is 29.0. The van der Waals surface area contributed by atoms with E-state index in [1.165, 1.54) is 6.26 Å². The van der Waals surface area contributed by atoms with Crippen LogP contribution < -0.4 is 10.6 Å². The van der Waals surface area contributed by atoms with Crippen LogP contribution in [0.25, 0.3) is 0 Å². The fourth-order valence-corrected chi connectivity index (χ4v) is 5.73. The summed E-state index contributed by atoms with van der Waals surface area (Å²) in [6.45, 7) is 2.78. The van der Waals surface area contributed by atoms with E-state index in [1.807, 2.05) is 0 Å². The summed E-state index contributed by atoms with van der Waals surface area (Å²) in [7, 11) is -2.91. The number of amides is 1. The Balaban J connectivity index is 1.48. The average Bonchev–Trinajstić information content (AvgIpc) is 3.01. The number of piperidine rings is 1. The Morgan fingerprint density at radius 1 is 1.12 bits per heavy atom. The number of rotatable bonds is 4. The molecule has 1 saturated carbocycles. The highest BCUT2D eigenvalue weighted by Gasteiger charge is 2.35. The number of nitrogens with one attached hydrogen (secondary N) is 2. The molecule has 3 fully saturated rings. The molecule has 0 spiro atoms. The van der Waals surface area contributed by atoms with Crippen molar-refractivity contribution in [1.29, 1.82) is 0 Å². The van der Waals surface area contributed by atoms with Gasteiger partial charge < -0.3 is 10.1 Å². The molecule has 144 valence electrons. The van der Waals surface area contributed by atoms with Crippen LogP contribution >= 0.6 is 0 Å². The van der Waals surface area contributed by atoms with Crippen LogP contribution in [-0.2, 0) is 19.4 Å². The van der Waals surface area contributed by atoms with Gasteiger partial charge in [-0.2, -0.15) is 0 Å². The molecule has 6 nitrogen and oxygen atoms in total. The molecule has 3 aliphatic rings. The quantitative estimate of drug-likeness (QED) is 0.783. The molecular formula is C18H32N2O4S. The van der Waals surface area contributed by atoms with Crippen molar-refractivity contribution < 1.29 is 17.9 Å². The van der Waals surface area contributed by atoms with E-state index in [2.05, 4.69) is 17.6 Å². The van der Waals surface area contributed by atoms with Gasteiger partial charge in [0, 0.05) is 12.3 Å². The van der Waals surface area contributed by atoms with Crippen LogP contribution in [0.1, 0.15) is 58.3 Å². The Hall–Kier alpha value is -0.660. The molecule has 2 N–H and O–H groups in total. The molecule has 0 bridgehead atoms. The van der Waals surface area contributed by atoms with Crippen LogP contribution in [0.3, 0.4) is 0 Å². The van der Waals surface area contributed by atoms with E-state index in [1.54, 1.807) is 0 Å². The van der Waals surface area contributed by atoms with Crippen molar-refractivity contribution in [3.63, 3.8) is 0 Å². The zero-order chi connectivity index (χ0) is 18.0. The molecule has 1 aliphatic carbocycles. The lowest BCUT2D eigenvalue weighted by molar-refractivity contribution is -0.131. The molecule has 3 rings (SSSR count). The van der Waals surface area contributed by atoms with Crippen molar-refractivity contribution in [2.45, 2.75) is 81.9 Å². The zero-order valence-corrected chi connectivity index (χ0v) is 16.2. The maximum atomic E-state index is 12.4. The van der Waals surface area contributed by atoms with E-state index in [9.17, 15) is 13.2 Å². The molecule has 2 saturated heterocycles. The lowest BCUT2D eigenvalue weighted by Crippen LogP contribution is -2.56. The van der Waals surface area contributed by atoms with E-state index in [4.69, 9.17) is 4.74 Å². The number of carbonyl (C=O) groups excluding carboxylic acids is 1. The van der Waals surface area contributed by atoms with Crippen LogP contribution in [-0.4, -0.2) is 50.7 Å². The monoisotopic (exact) mass is 372 g/mol. The highest BCUT2D eigenvalue weighted by Crippen LogP contribution is 2.33. The summed E-state index contributed by atoms with van der Waals surface area (Å²) in [5.41, 5.74) is 0. The number of ether oxygens (including phenoxy) is 1. The third kappa shape index (κ3) is 4.95. The highest BCUT2D eigenvalue weighted by molar-refractivity contribution is 7.91. The van der Waals surface area contributed by atoms with Gasteiger partial charge in [0.05, 0.1) is 18.0 Å². The Morgan fingerprint density at radius 3 is 2.44 bits per heavy atom. The average molecular weight is 373 g/mol. The van der Waals surface area contributed by atoms with Gasteiger partial charge in [-0.25, -0.2) is 8.42 Å². The van der Waals surface area contributed by atoms with Gasteiger partial charge in [0.25, 0.3) is 0 Å². The Bertz CT molecular complexity index is 572. The Labute approximate surface area is 151 Å². The maximum absolute atomic E-state index is 12.4. The van der Waals surface area contributed by atoms with Crippen molar-refractivity contribution >= 4 is 15.7 Å². The summed E-state index contributed by atoms with van der Waals surface area (Å²) in [6.07, 6.45) is 8.47. The van der Waals surface area contributed by atoms with E-state index in [0.29, 0.717) is 24.5 Å². The van der Waals surface area contributed by atoms with Crippen molar-refractivity contribution in [2.24, 2.45) is 11.8 Å². The topological polar surface area (TPSA) is 84.5 Å². The summed E-state index contributed by atoms with van der Waals surface area (Å²) >= 11 is 0. The van der Waals surface area contributed by atoms with Crippen molar-refractivity contribution in [3.05, 3.63) is 0 Å². The molecule has 0 aromatic carbocycles. The van der Waals surface area contributed by atoms with Crippen molar-refractivity contribution in [1.82, 2.24) is 10.6 Å². The van der Waals surface area contributed by atoms with E-state index in [-0.39, 0.29) is 23.4 Å². The van der Waals surface area contributed by atoms with Crippen LogP contribution in [0, 0.1) is 11.8 Å². The molecule has 7 heteroatoms. The minimum Gasteiger partial charge on any atom is -0.368 e. The van der Waals surface area contributed by atoms with Crippen LogP contribution in [0.15, 0.2) is 0 Å². The van der Waals surface area contributed by atoms with E-state index < -0.39 is 9.84 Å². The van der Waals surface area contributed by atoms with Gasteiger partial charge in [-0.3, -0.25) is 10.1 Å². The van der Waals surface area contributed by atoms with Gasteiger partial charge in [0.1, 0.15) is 15.9 Å². The van der Waals surface area contributed by atoms with Gasteiger partial charge in [-0.05, 0) is 63.2 Å². The largest absolute Gasteiger partial charge is 0.368 e. The number of carbonyl (C=O) groups is 1. The van der Waals surface area contributed by atoms with Gasteiger partial charge in [-0.1, -0.05) is 6.92 Å². The minimum atomic E-state index is -2.91. The van der Waals surface area contributed by atoms with Crippen LogP contribution in [0.5, 0.6) is 0 Å². The molecule has 2 aliphatic heterocycles. The molecule has 25 heavy (non-hydrogen) atoms. The molecule has 0 aromatic heterocycles. The third-order valence-electron chi connectivity index (χ3n) is 6.12. The summed E-state index contributed by atoms with van der Waals surface area (Å²) in [5.74, 6) is 0.969. The van der Waals surface area contributed by atoms with Gasteiger partial charge in [0.15, 0.2) is 0 Å². The minimum absolute atomic E-state index is 0.00304. The Morgan fingerprint density at radius 2 is 1.84 bits per heavy atom. The molecule has 0 radical (unpaired) electrons. The lowest BCUT2D eigenvalue weighted by Gasteiger charge is -2.39. The van der Waals surface area contributed by atoms with Gasteiger partial charge in [0.2, 0.25) is 5.91 Å². The molecule has 0 aromatic rings. The van der Waals surface area contributed by atoms with Crippen LogP contribution in [0.4, 0.5) is 0 Å². The normalized spacial score (nSPS) is 39.9. The zero-order valence-electron chi connectivity index (χ0n) is 15.4. The number of sulfone groups is 1. The second-order valence-electron chi connectivity index (χ2n) is 8.29. The maximum Gasteiger partial charge on any atom is 0.250 e. The number of hydrogen-bond acceptors (Lipinski definition) is 5. The fraction of sp³-hybridized carbons (Fsp3) is 0.944. The Kier molecular flexibility index (Phi) is 6.06. The molecule has 1 amide bonds. The first-order chi connectivity index (χ1) is 11.8. The predicted molar refractivity (Wildman–Crippen MR) is 96.8 cm³/mol. The third-order valence-corrected chi connectivity index (χ3v) is 7.81. The SMILES string of the molecule is CC1COC(C(=O)NC2CCCC(C3CCC(S(C)(=O)=O)CC3)N2)C1. The van der Waals surface area contributed by atoms with Crippen molar-refractivity contribution in [3.8, 4) is 0 Å². The molecule has 2 heterocycles. The highest BCUT2D eigenvalue weighted by atomic mass is 32.2. The van der Waals surface area contributed by atoms with E-state index >= 15 is 0 Å². The molecule has 4 atom stereocenters. The van der Waals surface area contributed by atoms with E-state index in [0.717, 1.165) is 51.4 Å². The van der Waals surface area contributed by atoms with Gasteiger partial charge >= 0.3 is 0 Å². The first-order valence-electron chi connectivity index (χ1n) is 9.70. The smallest absolute Gasteiger partial charge is 0.250 e. The number of hydrogen-bond donors (Lipinski definition) is 2. The van der Waals surface area contributed by atoms with Crippen molar-refractivity contribution in [2.75, 3.05) is 12.9 Å². The second kappa shape index (κ2) is 7.92. The van der Waals surface area contributed by atoms with Crippen LogP contribution in [0.2, 0.25) is 0 Å². The first-order valence-corrected chi connectivity index (χ1v) is 11.6. The lowest BCUT2D eigenvalue weighted by atomic mass is 9.80. The predicted octanol–water partition coefficient (Wildman–Crippen LogP) is 1.60. The first kappa shape index (κ1) is 19.1. The summed E-state index contributed by atoms with van der Waals surface area (Å²) in [5, 5.41) is 6.56. The van der Waals surface area contributed by atoms with Gasteiger partial charge in [-0.15, -0.1) is 0 Å². The molecular weight excluding hydrogens is 340 g/mol. The standard InChI is InChI=1S/C18H32N2O4S/c1-12-10-16(24-11-12)18(21)20-17-5-3-4-15(19-17)13-6-8-14(9-7-13)25(2,22)23/h12-17,19H,3-11H2,1-2H3,(H,20,21). The molecule has 4 unspecified atom stereocenters.